The predicted molar refractivity (Wildman–Crippen MR) is 173 cm³/mol. The number of rotatable bonds is 6. The average molecular weight is 589 g/mol. The minimum absolute atomic E-state index is 0.0107. The molecule has 1 aliphatic heterocycles. The van der Waals surface area contributed by atoms with Crippen LogP contribution in [0, 0.1) is 0 Å². The highest BCUT2D eigenvalue weighted by molar-refractivity contribution is 6.00. The van der Waals surface area contributed by atoms with E-state index in [4.69, 9.17) is 15.5 Å². The average Bonchev–Trinajstić information content (AvgIpc) is 3.38. The second-order valence-electron chi connectivity index (χ2n) is 11.9. The van der Waals surface area contributed by atoms with Crippen molar-refractivity contribution in [3.8, 4) is 22.5 Å². The second-order valence-corrected chi connectivity index (χ2v) is 11.9. The molecule has 8 heteroatoms. The third kappa shape index (κ3) is 5.30. The Kier molecular flexibility index (Phi) is 7.52. The van der Waals surface area contributed by atoms with Gasteiger partial charge in [0.15, 0.2) is 0 Å². The first kappa shape index (κ1) is 28.1. The van der Waals surface area contributed by atoms with E-state index in [1.807, 2.05) is 47.4 Å². The first-order valence-electron chi connectivity index (χ1n) is 15.5. The normalized spacial score (nSPS) is 16.0. The fraction of sp³-hybridized carbons (Fsp3) is 0.306. The monoisotopic (exact) mass is 588 g/mol. The number of benzene rings is 3. The number of fused-ring (bicyclic) bond motifs is 2. The molecular formula is C36H36N4O4. The zero-order valence-corrected chi connectivity index (χ0v) is 24.7. The van der Waals surface area contributed by atoms with Crippen molar-refractivity contribution in [3.05, 3.63) is 83.9 Å². The van der Waals surface area contributed by atoms with Crippen molar-refractivity contribution in [1.29, 1.82) is 0 Å². The van der Waals surface area contributed by atoms with Gasteiger partial charge in [-0.25, -0.2) is 9.78 Å². The van der Waals surface area contributed by atoms with E-state index in [2.05, 4.69) is 22.8 Å². The summed E-state index contributed by atoms with van der Waals surface area (Å²) in [5.74, 6) is -0.638. The SMILES string of the molecule is Nc1cccc(-c2ccc3cc(-c4c(C5CCCCC5)c5ccc(C(=O)O)cc5n4CC(=O)N4CCOCC4)ccc3n2)c1. The quantitative estimate of drug-likeness (QED) is 0.213. The van der Waals surface area contributed by atoms with E-state index in [1.165, 1.54) is 12.0 Å². The van der Waals surface area contributed by atoms with E-state index in [0.29, 0.717) is 37.9 Å². The maximum absolute atomic E-state index is 13.7. The summed E-state index contributed by atoms with van der Waals surface area (Å²) in [5.41, 5.74) is 13.6. The molecule has 1 saturated carbocycles. The van der Waals surface area contributed by atoms with Gasteiger partial charge in [-0.3, -0.25) is 4.79 Å². The Hall–Kier alpha value is -4.69. The summed E-state index contributed by atoms with van der Waals surface area (Å²) in [6.07, 6.45) is 5.68. The van der Waals surface area contributed by atoms with Crippen LogP contribution in [0.5, 0.6) is 0 Å². The molecule has 3 heterocycles. The van der Waals surface area contributed by atoms with Crippen LogP contribution in [0.3, 0.4) is 0 Å². The van der Waals surface area contributed by atoms with E-state index in [9.17, 15) is 14.7 Å². The van der Waals surface area contributed by atoms with Crippen molar-refractivity contribution in [2.24, 2.45) is 0 Å². The molecule has 7 rings (SSSR count). The van der Waals surface area contributed by atoms with E-state index >= 15 is 0 Å². The number of carbonyl (C=O) groups excluding carboxylic acids is 1. The highest BCUT2D eigenvalue weighted by Crippen LogP contribution is 2.45. The van der Waals surface area contributed by atoms with Crippen molar-refractivity contribution >= 4 is 39.4 Å². The van der Waals surface area contributed by atoms with Crippen molar-refractivity contribution in [3.63, 3.8) is 0 Å². The van der Waals surface area contributed by atoms with Gasteiger partial charge in [0.05, 0.1) is 41.2 Å². The summed E-state index contributed by atoms with van der Waals surface area (Å²) in [4.78, 5) is 32.6. The highest BCUT2D eigenvalue weighted by atomic mass is 16.5. The van der Waals surface area contributed by atoms with E-state index in [1.54, 1.807) is 12.1 Å². The van der Waals surface area contributed by atoms with Crippen LogP contribution in [0.2, 0.25) is 0 Å². The zero-order chi connectivity index (χ0) is 30.2. The largest absolute Gasteiger partial charge is 0.478 e. The number of carbonyl (C=O) groups is 2. The molecule has 224 valence electrons. The Morgan fingerprint density at radius 2 is 1.73 bits per heavy atom. The van der Waals surface area contributed by atoms with Gasteiger partial charge < -0.3 is 25.0 Å². The molecule has 2 fully saturated rings. The van der Waals surface area contributed by atoms with Gasteiger partial charge in [-0.1, -0.05) is 49.6 Å². The molecule has 1 saturated heterocycles. The minimum atomic E-state index is -0.979. The molecule has 0 unspecified atom stereocenters. The lowest BCUT2D eigenvalue weighted by molar-refractivity contribution is -0.135. The van der Waals surface area contributed by atoms with Crippen LogP contribution in [0.1, 0.15) is 53.9 Å². The summed E-state index contributed by atoms with van der Waals surface area (Å²) in [5, 5.41) is 11.9. The number of anilines is 1. The highest BCUT2D eigenvalue weighted by Gasteiger charge is 2.29. The number of ether oxygens (including phenoxy) is 1. The fourth-order valence-corrected chi connectivity index (χ4v) is 6.97. The fourth-order valence-electron chi connectivity index (χ4n) is 6.97. The molecule has 44 heavy (non-hydrogen) atoms. The molecule has 1 aliphatic carbocycles. The summed E-state index contributed by atoms with van der Waals surface area (Å²) in [6.45, 7) is 2.29. The number of nitrogen functional groups attached to an aromatic ring is 1. The lowest BCUT2D eigenvalue weighted by Gasteiger charge is -2.28. The Labute approximate surface area is 256 Å². The van der Waals surface area contributed by atoms with Gasteiger partial charge in [0.1, 0.15) is 6.54 Å². The van der Waals surface area contributed by atoms with Crippen molar-refractivity contribution in [2.45, 2.75) is 44.6 Å². The maximum Gasteiger partial charge on any atom is 0.335 e. The number of hydrogen-bond acceptors (Lipinski definition) is 5. The van der Waals surface area contributed by atoms with Crippen LogP contribution in [0.25, 0.3) is 44.3 Å². The van der Waals surface area contributed by atoms with E-state index in [-0.39, 0.29) is 18.0 Å². The van der Waals surface area contributed by atoms with Crippen molar-refractivity contribution < 1.29 is 19.4 Å². The maximum atomic E-state index is 13.7. The minimum Gasteiger partial charge on any atom is -0.478 e. The van der Waals surface area contributed by atoms with Gasteiger partial charge in [0, 0.05) is 35.1 Å². The first-order chi connectivity index (χ1) is 21.5. The van der Waals surface area contributed by atoms with Gasteiger partial charge >= 0.3 is 5.97 Å². The lowest BCUT2D eigenvalue weighted by Crippen LogP contribution is -2.42. The molecule has 5 aromatic rings. The van der Waals surface area contributed by atoms with Gasteiger partial charge in [0.25, 0.3) is 0 Å². The summed E-state index contributed by atoms with van der Waals surface area (Å²) in [6, 6.07) is 23.5. The molecule has 0 bridgehead atoms. The molecule has 3 aromatic carbocycles. The smallest absolute Gasteiger partial charge is 0.335 e. The third-order valence-corrected chi connectivity index (χ3v) is 9.17. The van der Waals surface area contributed by atoms with Crippen LogP contribution in [-0.4, -0.2) is 57.7 Å². The number of aromatic nitrogens is 2. The number of carboxylic acids is 1. The molecule has 2 aliphatic rings. The van der Waals surface area contributed by atoms with Gasteiger partial charge in [-0.2, -0.15) is 0 Å². The van der Waals surface area contributed by atoms with Crippen LogP contribution >= 0.6 is 0 Å². The summed E-state index contributed by atoms with van der Waals surface area (Å²) >= 11 is 0. The van der Waals surface area contributed by atoms with Crippen molar-refractivity contribution in [1.82, 2.24) is 14.5 Å². The molecule has 8 nitrogen and oxygen atoms in total. The molecule has 0 radical (unpaired) electrons. The predicted octanol–water partition coefficient (Wildman–Crippen LogP) is 6.71. The topological polar surface area (TPSA) is 111 Å². The van der Waals surface area contributed by atoms with Gasteiger partial charge in [0.2, 0.25) is 5.91 Å². The van der Waals surface area contributed by atoms with Crippen molar-refractivity contribution in [2.75, 3.05) is 32.0 Å². The summed E-state index contributed by atoms with van der Waals surface area (Å²) < 4.78 is 7.56. The Morgan fingerprint density at radius 3 is 2.50 bits per heavy atom. The van der Waals surface area contributed by atoms with Crippen LogP contribution in [-0.2, 0) is 16.1 Å². The van der Waals surface area contributed by atoms with Gasteiger partial charge in [-0.05, 0) is 72.4 Å². The molecule has 2 aromatic heterocycles. The van der Waals surface area contributed by atoms with Crippen LogP contribution in [0.15, 0.2) is 72.8 Å². The molecule has 1 amide bonds. The van der Waals surface area contributed by atoms with Crippen LogP contribution < -0.4 is 5.73 Å². The number of carboxylic acid groups (broad SMARTS) is 1. The number of pyridine rings is 1. The standard InChI is InChI=1S/C36H36N4O4/c37-28-8-4-7-24(20-28)30-13-10-25-19-26(11-14-31(25)38-30)35-34(23-5-2-1-3-6-23)29-12-9-27(36(42)43)21-32(29)40(35)22-33(41)39-15-17-44-18-16-39/h4,7-14,19-21,23H,1-3,5-6,15-18,22,37H2,(H,42,43). The summed E-state index contributed by atoms with van der Waals surface area (Å²) in [7, 11) is 0. The second kappa shape index (κ2) is 11.8. The van der Waals surface area contributed by atoms with E-state index in [0.717, 1.165) is 70.0 Å². The Balaban J connectivity index is 1.41. The molecular weight excluding hydrogens is 552 g/mol. The number of aromatic carboxylic acids is 1. The third-order valence-electron chi connectivity index (χ3n) is 9.17. The lowest BCUT2D eigenvalue weighted by atomic mass is 9.81. The molecule has 3 N–H and O–H groups in total. The molecule has 0 atom stereocenters. The van der Waals surface area contributed by atoms with Gasteiger partial charge in [-0.15, -0.1) is 0 Å². The number of morpholine rings is 1. The zero-order valence-electron chi connectivity index (χ0n) is 24.7. The van der Waals surface area contributed by atoms with E-state index < -0.39 is 5.97 Å². The van der Waals surface area contributed by atoms with Crippen LogP contribution in [0.4, 0.5) is 5.69 Å². The number of amides is 1. The number of nitrogens with zero attached hydrogens (tertiary/aromatic N) is 3. The Morgan fingerprint density at radius 1 is 0.909 bits per heavy atom. The number of hydrogen-bond donors (Lipinski definition) is 2. The Bertz CT molecular complexity index is 1880. The number of nitrogens with two attached hydrogens (primary N) is 1. The first-order valence-corrected chi connectivity index (χ1v) is 15.5. The molecule has 0 spiro atoms.